The second-order valence-corrected chi connectivity index (χ2v) is 8.22. The molecule has 1 fully saturated rings. The number of fused-ring (bicyclic) bond motifs is 1. The molecule has 2 aromatic heterocycles. The van der Waals surface area contributed by atoms with E-state index in [1.165, 1.54) is 11.1 Å². The van der Waals surface area contributed by atoms with Crippen LogP contribution in [0.25, 0.3) is 27.9 Å². The lowest BCUT2D eigenvalue weighted by Gasteiger charge is -2.22. The van der Waals surface area contributed by atoms with E-state index in [0.29, 0.717) is 0 Å². The molecule has 2 aromatic carbocycles. The number of ether oxygens (including phenoxy) is 2. The van der Waals surface area contributed by atoms with Crippen molar-refractivity contribution in [1.82, 2.24) is 25.1 Å². The number of hydrogen-bond donors (Lipinski definition) is 1. The minimum Gasteiger partial charge on any atom is -0.497 e. The van der Waals surface area contributed by atoms with Crippen molar-refractivity contribution in [1.29, 1.82) is 0 Å². The predicted octanol–water partition coefficient (Wildman–Crippen LogP) is 4.87. The lowest BCUT2D eigenvalue weighted by Crippen LogP contribution is -2.24. The number of methoxy groups -OCH3 is 2. The third-order valence-corrected chi connectivity index (χ3v) is 6.00. The molecule has 7 heteroatoms. The summed E-state index contributed by atoms with van der Waals surface area (Å²) >= 11 is 0. The molecule has 176 valence electrons. The topological polar surface area (TPSA) is 74.1 Å². The highest BCUT2D eigenvalue weighted by atomic mass is 16.5. The van der Waals surface area contributed by atoms with Crippen molar-refractivity contribution in [3.8, 4) is 22.8 Å². The Morgan fingerprint density at radius 3 is 2.41 bits per heavy atom. The van der Waals surface area contributed by atoms with E-state index in [1.54, 1.807) is 25.1 Å². The Hall–Kier alpha value is -3.71. The predicted molar refractivity (Wildman–Crippen MR) is 136 cm³/mol. The second kappa shape index (κ2) is 10.1. The van der Waals surface area contributed by atoms with Gasteiger partial charge >= 0.3 is 0 Å². The minimum atomic E-state index is 0. The van der Waals surface area contributed by atoms with E-state index in [2.05, 4.69) is 39.7 Å². The molecule has 0 saturated carbocycles. The van der Waals surface area contributed by atoms with Crippen molar-refractivity contribution >= 4 is 16.6 Å². The summed E-state index contributed by atoms with van der Waals surface area (Å²) < 4.78 is 12.9. The Kier molecular flexibility index (Phi) is 6.93. The number of rotatable bonds is 5. The number of benzene rings is 2. The Balaban J connectivity index is 0.00000274. The standard InChI is InChI=1S/C26H27N5O2.CH4/c1-31-16-20(14-29-31)25-15-28-23-7-6-17(11-24(23)30-25)26(18-5-4-8-27-13-18)19-9-21(32-2)12-22(10-19)33-3;/h6-7,9-12,14-16,27H,4-5,8,13H2,1-3H3;1H4/b26-18+;. The van der Waals surface area contributed by atoms with Gasteiger partial charge in [-0.25, -0.2) is 4.98 Å². The molecule has 0 bridgehead atoms. The van der Waals surface area contributed by atoms with Crippen molar-refractivity contribution in [3.05, 3.63) is 71.7 Å². The van der Waals surface area contributed by atoms with Gasteiger partial charge in [-0.3, -0.25) is 9.67 Å². The molecule has 0 atom stereocenters. The van der Waals surface area contributed by atoms with Crippen LogP contribution in [-0.4, -0.2) is 47.1 Å². The molecule has 0 aliphatic carbocycles. The SMILES string of the molecule is C.COc1cc(OC)cc(/C(=C2\CCCNC2)c2ccc3ncc(-c4cnn(C)c4)nc3c2)c1. The molecular formula is C27H31N5O2. The van der Waals surface area contributed by atoms with E-state index < -0.39 is 0 Å². The Bertz CT molecular complexity index is 1310. The van der Waals surface area contributed by atoms with Crippen LogP contribution < -0.4 is 14.8 Å². The van der Waals surface area contributed by atoms with Crippen LogP contribution in [0.1, 0.15) is 31.4 Å². The number of hydrogen-bond acceptors (Lipinski definition) is 6. The van der Waals surface area contributed by atoms with E-state index in [4.69, 9.17) is 14.5 Å². The molecule has 1 saturated heterocycles. The van der Waals surface area contributed by atoms with Crippen molar-refractivity contribution in [2.45, 2.75) is 20.3 Å². The number of nitrogens with zero attached hydrogens (tertiary/aromatic N) is 4. The van der Waals surface area contributed by atoms with Crippen LogP contribution in [0.3, 0.4) is 0 Å². The smallest absolute Gasteiger partial charge is 0.123 e. The third kappa shape index (κ3) is 4.65. The molecule has 7 nitrogen and oxygen atoms in total. The molecule has 1 N–H and O–H groups in total. The fraction of sp³-hybridized carbons (Fsp3) is 0.296. The van der Waals surface area contributed by atoms with Crippen LogP contribution in [0, 0.1) is 0 Å². The molecule has 3 heterocycles. The first kappa shape index (κ1) is 23.4. The monoisotopic (exact) mass is 457 g/mol. The van der Waals surface area contributed by atoms with Gasteiger partial charge in [0.05, 0.1) is 43.3 Å². The fourth-order valence-corrected chi connectivity index (χ4v) is 4.35. The molecule has 1 aliphatic heterocycles. The van der Waals surface area contributed by atoms with Gasteiger partial charge in [-0.1, -0.05) is 13.5 Å². The summed E-state index contributed by atoms with van der Waals surface area (Å²) in [6.45, 7) is 1.89. The highest BCUT2D eigenvalue weighted by Gasteiger charge is 2.17. The van der Waals surface area contributed by atoms with Crippen LogP contribution in [0.4, 0.5) is 0 Å². The van der Waals surface area contributed by atoms with Gasteiger partial charge in [-0.05, 0) is 65.9 Å². The van der Waals surface area contributed by atoms with Gasteiger partial charge in [0.15, 0.2) is 0 Å². The summed E-state index contributed by atoms with van der Waals surface area (Å²) in [4.78, 5) is 9.54. The third-order valence-electron chi connectivity index (χ3n) is 6.00. The highest BCUT2D eigenvalue weighted by molar-refractivity contribution is 5.88. The first-order valence-electron chi connectivity index (χ1n) is 11.1. The maximum atomic E-state index is 5.56. The van der Waals surface area contributed by atoms with Crippen molar-refractivity contribution in [2.24, 2.45) is 7.05 Å². The first-order valence-corrected chi connectivity index (χ1v) is 11.1. The van der Waals surface area contributed by atoms with Gasteiger partial charge in [0.2, 0.25) is 0 Å². The normalized spacial score (nSPS) is 15.0. The van der Waals surface area contributed by atoms with Gasteiger partial charge < -0.3 is 14.8 Å². The number of aromatic nitrogens is 4. The fourth-order valence-electron chi connectivity index (χ4n) is 4.35. The maximum Gasteiger partial charge on any atom is 0.123 e. The zero-order valence-electron chi connectivity index (χ0n) is 19.1. The first-order chi connectivity index (χ1) is 16.1. The van der Waals surface area contributed by atoms with Crippen molar-refractivity contribution < 1.29 is 9.47 Å². The molecule has 0 unspecified atom stereocenters. The van der Waals surface area contributed by atoms with Crippen LogP contribution in [-0.2, 0) is 7.05 Å². The molecule has 34 heavy (non-hydrogen) atoms. The second-order valence-electron chi connectivity index (χ2n) is 8.22. The minimum absolute atomic E-state index is 0. The lowest BCUT2D eigenvalue weighted by atomic mass is 9.89. The lowest BCUT2D eigenvalue weighted by molar-refractivity contribution is 0.394. The maximum absolute atomic E-state index is 5.56. The van der Waals surface area contributed by atoms with Gasteiger partial charge in [-0.15, -0.1) is 0 Å². The summed E-state index contributed by atoms with van der Waals surface area (Å²) in [5.41, 5.74) is 8.21. The van der Waals surface area contributed by atoms with Crippen molar-refractivity contribution in [2.75, 3.05) is 27.3 Å². The zero-order chi connectivity index (χ0) is 22.8. The Morgan fingerprint density at radius 2 is 1.76 bits per heavy atom. The van der Waals surface area contributed by atoms with E-state index in [-0.39, 0.29) is 7.43 Å². The van der Waals surface area contributed by atoms with Gasteiger partial charge in [0.25, 0.3) is 0 Å². The number of nitrogens with one attached hydrogen (secondary N) is 1. The molecular weight excluding hydrogens is 426 g/mol. The summed E-state index contributed by atoms with van der Waals surface area (Å²) in [5, 5.41) is 7.79. The molecule has 0 amide bonds. The van der Waals surface area contributed by atoms with Crippen molar-refractivity contribution in [3.63, 3.8) is 0 Å². The Morgan fingerprint density at radius 1 is 0.971 bits per heavy atom. The van der Waals surface area contributed by atoms with E-state index in [1.807, 2.05) is 31.6 Å². The van der Waals surface area contributed by atoms with E-state index in [9.17, 15) is 0 Å². The largest absolute Gasteiger partial charge is 0.497 e. The summed E-state index contributed by atoms with van der Waals surface area (Å²) in [5.74, 6) is 1.54. The van der Waals surface area contributed by atoms with E-state index in [0.717, 1.165) is 70.8 Å². The summed E-state index contributed by atoms with van der Waals surface area (Å²) in [7, 11) is 5.26. The average Bonchev–Trinajstić information content (AvgIpc) is 3.30. The van der Waals surface area contributed by atoms with Crippen LogP contribution in [0.5, 0.6) is 11.5 Å². The number of piperidine rings is 1. The summed E-state index contributed by atoms with van der Waals surface area (Å²) in [6, 6.07) is 12.3. The average molecular weight is 458 g/mol. The molecule has 0 spiro atoms. The molecule has 1 aliphatic rings. The Labute approximate surface area is 200 Å². The molecule has 0 radical (unpaired) electrons. The van der Waals surface area contributed by atoms with E-state index >= 15 is 0 Å². The zero-order valence-corrected chi connectivity index (χ0v) is 19.1. The number of aryl methyl sites for hydroxylation is 1. The van der Waals surface area contributed by atoms with Gasteiger partial charge in [-0.2, -0.15) is 5.10 Å². The molecule has 5 rings (SSSR count). The van der Waals surface area contributed by atoms with Crippen LogP contribution in [0.2, 0.25) is 0 Å². The van der Waals surface area contributed by atoms with Crippen LogP contribution in [0.15, 0.2) is 60.6 Å². The highest BCUT2D eigenvalue weighted by Crippen LogP contribution is 2.35. The van der Waals surface area contributed by atoms with Crippen LogP contribution >= 0.6 is 0 Å². The van der Waals surface area contributed by atoms with Gasteiger partial charge in [0.1, 0.15) is 11.5 Å². The van der Waals surface area contributed by atoms with Gasteiger partial charge in [0, 0.05) is 31.4 Å². The summed E-state index contributed by atoms with van der Waals surface area (Å²) in [6.07, 6.45) is 7.71. The quantitative estimate of drug-likeness (QED) is 0.461. The molecule has 4 aromatic rings.